The number of esters is 2. The van der Waals surface area contributed by atoms with E-state index in [0.29, 0.717) is 11.8 Å². The highest BCUT2D eigenvalue weighted by atomic mass is 79.9. The lowest BCUT2D eigenvalue weighted by molar-refractivity contribution is -0.166. The lowest BCUT2D eigenvalue weighted by atomic mass is 9.91. The van der Waals surface area contributed by atoms with Gasteiger partial charge in [-0.05, 0) is 27.2 Å². The third-order valence-corrected chi connectivity index (χ3v) is 2.27. The van der Waals surface area contributed by atoms with Crippen molar-refractivity contribution in [1.29, 1.82) is 0 Å². The summed E-state index contributed by atoms with van der Waals surface area (Å²) in [6.45, 7) is 4.66. The van der Waals surface area contributed by atoms with Crippen LogP contribution in [0.2, 0.25) is 0 Å². The molecule has 0 aromatic rings. The fraction of sp³-hybridized carbons (Fsp3) is 0.700. The van der Waals surface area contributed by atoms with Crippen LogP contribution in [0.15, 0.2) is 0 Å². The number of carbonyl (C=O) groups excluding carboxylic acids is 3. The maximum atomic E-state index is 11.5. The lowest BCUT2D eigenvalue weighted by Gasteiger charge is -2.20. The smallest absolute Gasteiger partial charge is 0.320 e. The van der Waals surface area contributed by atoms with E-state index < -0.39 is 17.4 Å². The van der Waals surface area contributed by atoms with Crippen molar-refractivity contribution in [2.24, 2.45) is 5.41 Å². The number of Topliss-reactive ketones (excluding diaryl/α,β-unsaturated/α-hetero) is 1. The summed E-state index contributed by atoms with van der Waals surface area (Å²) in [5.41, 5.74) is -0.712. The fourth-order valence-corrected chi connectivity index (χ4v) is 1.81. The van der Waals surface area contributed by atoms with E-state index in [0.717, 1.165) is 0 Å². The number of carbonyl (C=O) groups is 3. The maximum absolute atomic E-state index is 11.5. The van der Waals surface area contributed by atoms with Crippen molar-refractivity contribution < 1.29 is 19.1 Å². The number of ether oxygens (including phenoxy) is 1. The average molecular weight is 279 g/mol. The van der Waals surface area contributed by atoms with Crippen LogP contribution in [0.3, 0.4) is 0 Å². The van der Waals surface area contributed by atoms with Crippen LogP contribution in [0.4, 0.5) is 0 Å². The molecule has 0 N–H and O–H groups in total. The maximum Gasteiger partial charge on any atom is 0.320 e. The summed E-state index contributed by atoms with van der Waals surface area (Å²) >= 11 is 3.21. The Bertz CT molecular complexity index is 271. The molecule has 0 unspecified atom stereocenters. The van der Waals surface area contributed by atoms with Crippen molar-refractivity contribution in [3.05, 3.63) is 0 Å². The molecule has 0 rings (SSSR count). The first-order chi connectivity index (χ1) is 6.79. The number of halogens is 1. The molecular weight excluding hydrogens is 264 g/mol. The lowest BCUT2D eigenvalue weighted by Crippen LogP contribution is -2.29. The molecule has 0 aliphatic rings. The van der Waals surface area contributed by atoms with Crippen LogP contribution in [0.1, 0.15) is 33.6 Å². The molecule has 0 aliphatic heterocycles. The highest BCUT2D eigenvalue weighted by Crippen LogP contribution is 2.23. The summed E-state index contributed by atoms with van der Waals surface area (Å²) < 4.78 is 4.56. The van der Waals surface area contributed by atoms with E-state index in [-0.39, 0.29) is 12.2 Å². The van der Waals surface area contributed by atoms with Crippen molar-refractivity contribution in [3.63, 3.8) is 0 Å². The molecule has 0 spiro atoms. The Hall–Kier alpha value is -0.710. The summed E-state index contributed by atoms with van der Waals surface area (Å²) in [5, 5.41) is 0.649. The molecule has 0 heterocycles. The van der Waals surface area contributed by atoms with Crippen LogP contribution in [-0.4, -0.2) is 23.1 Å². The topological polar surface area (TPSA) is 60.4 Å². The Kier molecular flexibility index (Phi) is 5.72. The SMILES string of the molecule is CC(=O)CC(=O)OC(=O)C(C)(C)CCBr. The van der Waals surface area contributed by atoms with Gasteiger partial charge in [-0.25, -0.2) is 0 Å². The average Bonchev–Trinajstić information content (AvgIpc) is 2.01. The first kappa shape index (κ1) is 14.3. The van der Waals surface area contributed by atoms with Crippen molar-refractivity contribution in [2.75, 3.05) is 5.33 Å². The van der Waals surface area contributed by atoms with E-state index in [1.807, 2.05) is 0 Å². The zero-order valence-electron chi connectivity index (χ0n) is 9.13. The molecule has 15 heavy (non-hydrogen) atoms. The number of hydrogen-bond donors (Lipinski definition) is 0. The second kappa shape index (κ2) is 6.00. The molecule has 4 nitrogen and oxygen atoms in total. The van der Waals surface area contributed by atoms with Crippen molar-refractivity contribution in [3.8, 4) is 0 Å². The Morgan fingerprint density at radius 2 is 1.80 bits per heavy atom. The van der Waals surface area contributed by atoms with Gasteiger partial charge in [0.2, 0.25) is 0 Å². The van der Waals surface area contributed by atoms with Gasteiger partial charge in [-0.1, -0.05) is 15.9 Å². The van der Waals surface area contributed by atoms with E-state index in [2.05, 4.69) is 20.7 Å². The summed E-state index contributed by atoms with van der Waals surface area (Å²) in [7, 11) is 0. The molecule has 5 heteroatoms. The first-order valence-corrected chi connectivity index (χ1v) is 5.72. The molecular formula is C10H15BrO4. The molecule has 0 fully saturated rings. The molecule has 0 atom stereocenters. The predicted octanol–water partition coefficient (Wildman–Crippen LogP) is 1.85. The van der Waals surface area contributed by atoms with E-state index in [4.69, 9.17) is 0 Å². The van der Waals surface area contributed by atoms with Crippen LogP contribution in [-0.2, 0) is 19.1 Å². The zero-order chi connectivity index (χ0) is 12.1. The largest absolute Gasteiger partial charge is 0.392 e. The Morgan fingerprint density at radius 3 is 2.20 bits per heavy atom. The van der Waals surface area contributed by atoms with Crippen LogP contribution >= 0.6 is 15.9 Å². The summed E-state index contributed by atoms with van der Waals surface area (Å²) in [6, 6.07) is 0. The van der Waals surface area contributed by atoms with Gasteiger partial charge in [0.1, 0.15) is 12.2 Å². The van der Waals surface area contributed by atoms with Crippen molar-refractivity contribution in [1.82, 2.24) is 0 Å². The molecule has 0 bridgehead atoms. The van der Waals surface area contributed by atoms with Gasteiger partial charge in [-0.2, -0.15) is 0 Å². The molecule has 0 aromatic carbocycles. The first-order valence-electron chi connectivity index (χ1n) is 4.60. The van der Waals surface area contributed by atoms with Gasteiger partial charge >= 0.3 is 11.9 Å². The van der Waals surface area contributed by atoms with Gasteiger partial charge in [0.25, 0.3) is 0 Å². The third-order valence-electron chi connectivity index (χ3n) is 1.87. The van der Waals surface area contributed by atoms with E-state index in [1.165, 1.54) is 6.92 Å². The minimum Gasteiger partial charge on any atom is -0.392 e. The van der Waals surface area contributed by atoms with Crippen LogP contribution in [0, 0.1) is 5.41 Å². The summed E-state index contributed by atoms with van der Waals surface area (Å²) in [5.74, 6) is -1.69. The van der Waals surface area contributed by atoms with Crippen molar-refractivity contribution >= 4 is 33.7 Å². The van der Waals surface area contributed by atoms with Gasteiger partial charge in [0.15, 0.2) is 0 Å². The van der Waals surface area contributed by atoms with Crippen LogP contribution in [0.5, 0.6) is 0 Å². The second-order valence-electron chi connectivity index (χ2n) is 3.96. The van der Waals surface area contributed by atoms with Gasteiger partial charge < -0.3 is 4.74 Å². The molecule has 0 aliphatic carbocycles. The van der Waals surface area contributed by atoms with Gasteiger partial charge in [-0.3, -0.25) is 14.4 Å². The summed E-state index contributed by atoms with van der Waals surface area (Å²) in [6.07, 6.45) is 0.218. The minimum atomic E-state index is -0.782. The normalized spacial score (nSPS) is 10.9. The minimum absolute atomic E-state index is 0.314. The Balaban J connectivity index is 4.24. The summed E-state index contributed by atoms with van der Waals surface area (Å²) in [4.78, 5) is 33.1. The zero-order valence-corrected chi connectivity index (χ0v) is 10.7. The number of rotatable bonds is 5. The van der Waals surface area contributed by atoms with Gasteiger partial charge in [-0.15, -0.1) is 0 Å². The predicted molar refractivity (Wildman–Crippen MR) is 58.6 cm³/mol. The fourth-order valence-electron chi connectivity index (χ4n) is 0.819. The second-order valence-corrected chi connectivity index (χ2v) is 4.76. The van der Waals surface area contributed by atoms with E-state index in [9.17, 15) is 14.4 Å². The van der Waals surface area contributed by atoms with Gasteiger partial charge in [0, 0.05) is 5.33 Å². The number of ketones is 1. The molecule has 0 aromatic heterocycles. The third kappa shape index (κ3) is 5.67. The standard InChI is InChI=1S/C10H15BrO4/c1-7(12)6-8(13)15-9(14)10(2,3)4-5-11/h4-6H2,1-3H3. The Labute approximate surface area is 97.5 Å². The number of hydrogen-bond acceptors (Lipinski definition) is 4. The molecule has 0 saturated carbocycles. The highest BCUT2D eigenvalue weighted by Gasteiger charge is 2.30. The number of alkyl halides is 1. The molecule has 0 saturated heterocycles. The molecule has 86 valence electrons. The highest BCUT2D eigenvalue weighted by molar-refractivity contribution is 9.09. The monoisotopic (exact) mass is 278 g/mol. The van der Waals surface area contributed by atoms with E-state index >= 15 is 0 Å². The molecule has 0 amide bonds. The molecule has 0 radical (unpaired) electrons. The van der Waals surface area contributed by atoms with Crippen molar-refractivity contribution in [2.45, 2.75) is 33.6 Å². The quantitative estimate of drug-likeness (QED) is 0.438. The van der Waals surface area contributed by atoms with Gasteiger partial charge in [0.05, 0.1) is 5.41 Å². The van der Waals surface area contributed by atoms with Crippen LogP contribution in [0.25, 0.3) is 0 Å². The van der Waals surface area contributed by atoms with Crippen LogP contribution < -0.4 is 0 Å². The van der Waals surface area contributed by atoms with E-state index in [1.54, 1.807) is 13.8 Å². The Morgan fingerprint density at radius 1 is 1.27 bits per heavy atom.